The van der Waals surface area contributed by atoms with E-state index >= 15 is 0 Å². The molecule has 0 aromatic carbocycles. The van der Waals surface area contributed by atoms with Gasteiger partial charge < -0.3 is 4.74 Å². The van der Waals surface area contributed by atoms with Crippen molar-refractivity contribution < 1.29 is 9.13 Å². The lowest BCUT2D eigenvalue weighted by Gasteiger charge is -2.11. The number of hydrogen-bond donors (Lipinski definition) is 0. The molecule has 0 saturated heterocycles. The summed E-state index contributed by atoms with van der Waals surface area (Å²) in [6, 6.07) is 0. The minimum absolute atomic E-state index is 0.0474. The van der Waals surface area contributed by atoms with E-state index < -0.39 is 0 Å². The van der Waals surface area contributed by atoms with Gasteiger partial charge >= 0.3 is 0 Å². The summed E-state index contributed by atoms with van der Waals surface area (Å²) in [7, 11) is 0. The highest BCUT2D eigenvalue weighted by Crippen LogP contribution is 2.19. The highest BCUT2D eigenvalue weighted by molar-refractivity contribution is 5.16. The summed E-state index contributed by atoms with van der Waals surface area (Å²) < 4.78 is 17.8. The standard InChI is InChI=1S/C9H13FO/c1-2-7-11-9-5-3-8(10)4-6-9/h3,5H,2,4,6-7H2,1H3. The Balaban J connectivity index is 2.35. The second kappa shape index (κ2) is 4.16. The molecule has 0 bridgehead atoms. The number of ether oxygens (including phenoxy) is 1. The minimum atomic E-state index is -0.0474. The molecule has 0 radical (unpaired) electrons. The molecule has 0 spiro atoms. The van der Waals surface area contributed by atoms with Crippen molar-refractivity contribution in [2.24, 2.45) is 0 Å². The van der Waals surface area contributed by atoms with Gasteiger partial charge in [-0.3, -0.25) is 0 Å². The summed E-state index contributed by atoms with van der Waals surface area (Å²) in [5, 5.41) is 0. The lowest BCUT2D eigenvalue weighted by Crippen LogP contribution is -1.97. The van der Waals surface area contributed by atoms with Gasteiger partial charge in [0.25, 0.3) is 0 Å². The Kier molecular flexibility index (Phi) is 3.14. The second-order valence-electron chi connectivity index (χ2n) is 2.59. The van der Waals surface area contributed by atoms with Crippen molar-refractivity contribution in [1.82, 2.24) is 0 Å². The van der Waals surface area contributed by atoms with Crippen molar-refractivity contribution in [3.63, 3.8) is 0 Å². The molecule has 62 valence electrons. The van der Waals surface area contributed by atoms with Crippen molar-refractivity contribution >= 4 is 0 Å². The first kappa shape index (κ1) is 8.31. The zero-order chi connectivity index (χ0) is 8.10. The van der Waals surface area contributed by atoms with E-state index in [1.54, 1.807) is 6.08 Å². The maximum Gasteiger partial charge on any atom is 0.100 e. The number of allylic oxidation sites excluding steroid dienone is 4. The normalized spacial score (nSPS) is 17.3. The zero-order valence-corrected chi connectivity index (χ0v) is 6.77. The van der Waals surface area contributed by atoms with E-state index in [9.17, 15) is 4.39 Å². The molecule has 0 fully saturated rings. The van der Waals surface area contributed by atoms with Gasteiger partial charge in [-0.25, -0.2) is 4.39 Å². The minimum Gasteiger partial charge on any atom is -0.498 e. The Morgan fingerprint density at radius 3 is 2.82 bits per heavy atom. The molecule has 0 heterocycles. The van der Waals surface area contributed by atoms with E-state index in [0.717, 1.165) is 18.8 Å². The van der Waals surface area contributed by atoms with Crippen LogP contribution in [-0.4, -0.2) is 6.61 Å². The Morgan fingerprint density at radius 2 is 2.27 bits per heavy atom. The molecule has 0 aromatic heterocycles. The molecule has 11 heavy (non-hydrogen) atoms. The van der Waals surface area contributed by atoms with Gasteiger partial charge in [0.15, 0.2) is 0 Å². The Bertz CT molecular complexity index is 182. The van der Waals surface area contributed by atoms with E-state index in [0.29, 0.717) is 12.8 Å². The van der Waals surface area contributed by atoms with Crippen LogP contribution in [-0.2, 0) is 4.74 Å². The van der Waals surface area contributed by atoms with Gasteiger partial charge in [0.1, 0.15) is 5.83 Å². The maximum absolute atomic E-state index is 12.4. The first-order valence-electron chi connectivity index (χ1n) is 4.01. The van der Waals surface area contributed by atoms with E-state index in [1.807, 2.05) is 0 Å². The quantitative estimate of drug-likeness (QED) is 0.610. The monoisotopic (exact) mass is 156 g/mol. The molecule has 0 N–H and O–H groups in total. The van der Waals surface area contributed by atoms with Crippen LogP contribution in [0.25, 0.3) is 0 Å². The molecule has 0 aliphatic heterocycles. The van der Waals surface area contributed by atoms with Gasteiger partial charge in [-0.15, -0.1) is 0 Å². The van der Waals surface area contributed by atoms with Gasteiger partial charge in [0.05, 0.1) is 12.4 Å². The highest BCUT2D eigenvalue weighted by Gasteiger charge is 2.05. The molecule has 1 aliphatic rings. The molecule has 0 unspecified atom stereocenters. The lowest BCUT2D eigenvalue weighted by molar-refractivity contribution is 0.200. The fourth-order valence-corrected chi connectivity index (χ4v) is 0.946. The highest BCUT2D eigenvalue weighted by atomic mass is 19.1. The number of rotatable bonds is 3. The third kappa shape index (κ3) is 2.74. The van der Waals surface area contributed by atoms with Crippen molar-refractivity contribution in [1.29, 1.82) is 0 Å². The Morgan fingerprint density at radius 1 is 1.45 bits per heavy atom. The molecule has 1 rings (SSSR count). The van der Waals surface area contributed by atoms with Gasteiger partial charge in [0, 0.05) is 12.8 Å². The lowest BCUT2D eigenvalue weighted by atomic mass is 10.1. The summed E-state index contributed by atoms with van der Waals surface area (Å²) in [6.45, 7) is 2.79. The molecule has 0 atom stereocenters. The topological polar surface area (TPSA) is 9.23 Å². The first-order chi connectivity index (χ1) is 5.33. The van der Waals surface area contributed by atoms with Crippen LogP contribution in [0.5, 0.6) is 0 Å². The molecular formula is C9H13FO. The van der Waals surface area contributed by atoms with Crippen molar-refractivity contribution in [3.8, 4) is 0 Å². The van der Waals surface area contributed by atoms with Gasteiger partial charge in [-0.1, -0.05) is 6.92 Å². The van der Waals surface area contributed by atoms with Crippen LogP contribution in [0.3, 0.4) is 0 Å². The molecule has 1 aliphatic carbocycles. The molecule has 2 heteroatoms. The smallest absolute Gasteiger partial charge is 0.100 e. The summed E-state index contributed by atoms with van der Waals surface area (Å²) >= 11 is 0. The van der Waals surface area contributed by atoms with E-state index in [4.69, 9.17) is 4.74 Å². The SMILES string of the molecule is CCCOC1=CC=C(F)CC1. The molecule has 1 nitrogen and oxygen atoms in total. The number of hydrogen-bond acceptors (Lipinski definition) is 1. The average molecular weight is 156 g/mol. The van der Waals surface area contributed by atoms with Gasteiger partial charge in [-0.2, -0.15) is 0 Å². The van der Waals surface area contributed by atoms with E-state index in [2.05, 4.69) is 6.92 Å². The van der Waals surface area contributed by atoms with Crippen LogP contribution in [0.1, 0.15) is 26.2 Å². The van der Waals surface area contributed by atoms with Crippen LogP contribution in [0.4, 0.5) is 4.39 Å². The Labute approximate surface area is 66.6 Å². The fourth-order valence-electron chi connectivity index (χ4n) is 0.946. The zero-order valence-electron chi connectivity index (χ0n) is 6.77. The van der Waals surface area contributed by atoms with Crippen LogP contribution < -0.4 is 0 Å². The van der Waals surface area contributed by atoms with Crippen molar-refractivity contribution in [2.45, 2.75) is 26.2 Å². The summed E-state index contributed by atoms with van der Waals surface area (Å²) in [5.74, 6) is 0.863. The summed E-state index contributed by atoms with van der Waals surface area (Å²) in [6.07, 6.45) is 5.41. The molecule has 0 saturated carbocycles. The summed E-state index contributed by atoms with van der Waals surface area (Å²) in [4.78, 5) is 0. The first-order valence-corrected chi connectivity index (χ1v) is 4.01. The van der Waals surface area contributed by atoms with E-state index in [1.165, 1.54) is 6.08 Å². The fraction of sp³-hybridized carbons (Fsp3) is 0.556. The van der Waals surface area contributed by atoms with Crippen molar-refractivity contribution in [3.05, 3.63) is 23.7 Å². The van der Waals surface area contributed by atoms with Crippen LogP contribution in [0, 0.1) is 0 Å². The van der Waals surface area contributed by atoms with Gasteiger partial charge in [0.2, 0.25) is 0 Å². The third-order valence-electron chi connectivity index (χ3n) is 1.55. The van der Waals surface area contributed by atoms with Crippen LogP contribution in [0.15, 0.2) is 23.7 Å². The van der Waals surface area contributed by atoms with Crippen LogP contribution in [0.2, 0.25) is 0 Å². The number of halogens is 1. The predicted molar refractivity (Wildman–Crippen MR) is 42.8 cm³/mol. The van der Waals surface area contributed by atoms with Crippen molar-refractivity contribution in [2.75, 3.05) is 6.61 Å². The molecule has 0 amide bonds. The largest absolute Gasteiger partial charge is 0.498 e. The van der Waals surface area contributed by atoms with E-state index in [-0.39, 0.29) is 5.83 Å². The summed E-state index contributed by atoms with van der Waals surface area (Å²) in [5.41, 5.74) is 0. The molecular weight excluding hydrogens is 143 g/mol. The predicted octanol–water partition coefficient (Wildman–Crippen LogP) is 2.94. The average Bonchev–Trinajstić information content (AvgIpc) is 2.04. The van der Waals surface area contributed by atoms with Gasteiger partial charge in [-0.05, 0) is 18.6 Å². The maximum atomic E-state index is 12.4. The second-order valence-corrected chi connectivity index (χ2v) is 2.59. The third-order valence-corrected chi connectivity index (χ3v) is 1.55. The van der Waals surface area contributed by atoms with Crippen LogP contribution >= 0.6 is 0 Å². The molecule has 0 aromatic rings. The Hall–Kier alpha value is -0.790.